The van der Waals surface area contributed by atoms with Crippen molar-refractivity contribution in [2.24, 2.45) is 11.8 Å². The summed E-state index contributed by atoms with van der Waals surface area (Å²) in [7, 11) is 0. The monoisotopic (exact) mass is 376 g/mol. The van der Waals surface area contributed by atoms with E-state index in [1.807, 2.05) is 12.1 Å². The molecule has 2 unspecified atom stereocenters. The zero-order valence-electron chi connectivity index (χ0n) is 12.3. The molecular weight excluding hydrogens is 360 g/mol. The Hall–Kier alpha value is -0.990. The van der Waals surface area contributed by atoms with E-state index in [-0.39, 0.29) is 0 Å². The molecule has 0 N–H and O–H groups in total. The molecule has 1 nitrogen and oxygen atoms in total. The van der Waals surface area contributed by atoms with Gasteiger partial charge in [-0.3, -0.25) is 0 Å². The van der Waals surface area contributed by atoms with Crippen molar-refractivity contribution in [3.63, 3.8) is 0 Å². The zero-order chi connectivity index (χ0) is 15.1. The molecule has 3 heteroatoms. The van der Waals surface area contributed by atoms with Crippen LogP contribution in [0, 0.1) is 11.8 Å². The Morgan fingerprint density at radius 3 is 2.45 bits per heavy atom. The highest BCUT2D eigenvalue weighted by molar-refractivity contribution is 9.10. The van der Waals surface area contributed by atoms with Gasteiger partial charge in [-0.25, -0.2) is 0 Å². The third-order valence-corrected chi connectivity index (χ3v) is 5.69. The lowest BCUT2D eigenvalue weighted by Crippen LogP contribution is -2.13. The second-order valence-corrected chi connectivity index (χ2v) is 7.85. The molecule has 4 rings (SSSR count). The number of rotatable bonds is 4. The molecule has 0 spiro atoms. The minimum atomic E-state index is 0.439. The zero-order valence-corrected chi connectivity index (χ0v) is 14.6. The number of ether oxygens (including phenoxy) is 1. The van der Waals surface area contributed by atoms with Gasteiger partial charge in [-0.05, 0) is 79.0 Å². The van der Waals surface area contributed by atoms with Crippen molar-refractivity contribution in [2.75, 3.05) is 0 Å². The average Bonchev–Trinajstić information content (AvgIpc) is 3.12. The van der Waals surface area contributed by atoms with Crippen LogP contribution in [0.1, 0.15) is 30.4 Å². The van der Waals surface area contributed by atoms with Crippen LogP contribution in [0.4, 0.5) is 0 Å². The minimum absolute atomic E-state index is 0.439. The molecule has 3 atom stereocenters. The minimum Gasteiger partial charge on any atom is -0.490 e. The maximum Gasteiger partial charge on any atom is 0.119 e. The molecule has 2 fully saturated rings. The maximum atomic E-state index is 6.26. The quantitative estimate of drug-likeness (QED) is 0.647. The van der Waals surface area contributed by atoms with Crippen LogP contribution in [0.25, 0.3) is 0 Å². The first kappa shape index (κ1) is 14.6. The fraction of sp³-hybridized carbons (Fsp3) is 0.368. The van der Waals surface area contributed by atoms with E-state index >= 15 is 0 Å². The van der Waals surface area contributed by atoms with Crippen molar-refractivity contribution in [3.8, 4) is 5.75 Å². The van der Waals surface area contributed by atoms with Crippen LogP contribution >= 0.6 is 27.5 Å². The van der Waals surface area contributed by atoms with Crippen LogP contribution in [0.5, 0.6) is 5.75 Å². The molecule has 2 aromatic rings. The van der Waals surface area contributed by atoms with Crippen molar-refractivity contribution < 1.29 is 4.74 Å². The molecule has 0 amide bonds. The summed E-state index contributed by atoms with van der Waals surface area (Å²) in [5.74, 6) is 2.92. The van der Waals surface area contributed by atoms with E-state index < -0.39 is 0 Å². The summed E-state index contributed by atoms with van der Waals surface area (Å²) < 4.78 is 7.15. The molecule has 0 aliphatic heterocycles. The molecule has 2 aromatic carbocycles. The first-order valence-electron chi connectivity index (χ1n) is 7.87. The molecular formula is C19H18BrClO. The molecule has 2 saturated carbocycles. The highest BCUT2D eigenvalue weighted by atomic mass is 79.9. The summed E-state index contributed by atoms with van der Waals surface area (Å²) in [6.45, 7) is 0. The number of benzene rings is 2. The van der Waals surface area contributed by atoms with Gasteiger partial charge in [-0.2, -0.15) is 0 Å². The highest BCUT2D eigenvalue weighted by Crippen LogP contribution is 2.52. The highest BCUT2D eigenvalue weighted by Gasteiger charge is 2.46. The first-order valence-corrected chi connectivity index (χ1v) is 9.04. The van der Waals surface area contributed by atoms with Crippen LogP contribution < -0.4 is 4.74 Å². The second-order valence-electron chi connectivity index (χ2n) is 6.52. The molecule has 0 aromatic heterocycles. The van der Waals surface area contributed by atoms with Gasteiger partial charge in [0.05, 0.1) is 6.10 Å². The van der Waals surface area contributed by atoms with E-state index in [1.165, 1.54) is 24.8 Å². The van der Waals surface area contributed by atoms with Gasteiger partial charge in [-0.15, -0.1) is 0 Å². The fourth-order valence-corrected chi connectivity index (χ4v) is 4.13. The molecule has 22 heavy (non-hydrogen) atoms. The normalized spacial score (nSPS) is 25.8. The van der Waals surface area contributed by atoms with Crippen LogP contribution in [0.2, 0.25) is 5.02 Å². The first-order chi connectivity index (χ1) is 10.7. The summed E-state index contributed by atoms with van der Waals surface area (Å²) in [5.41, 5.74) is 2.39. The Morgan fingerprint density at radius 2 is 1.73 bits per heavy atom. The Bertz CT molecular complexity index is 672. The SMILES string of the molecule is Clc1ccc(Br)cc1Cc1ccc(OC2CC3C[C@@H]3C2)cc1. The lowest BCUT2D eigenvalue weighted by atomic mass is 10.0. The van der Waals surface area contributed by atoms with Gasteiger partial charge >= 0.3 is 0 Å². The van der Waals surface area contributed by atoms with Crippen molar-refractivity contribution in [1.29, 1.82) is 0 Å². The Morgan fingerprint density at radius 1 is 1.00 bits per heavy atom. The van der Waals surface area contributed by atoms with Gasteiger partial charge in [0.25, 0.3) is 0 Å². The van der Waals surface area contributed by atoms with Gasteiger partial charge in [0.1, 0.15) is 5.75 Å². The lowest BCUT2D eigenvalue weighted by molar-refractivity contribution is 0.194. The average molecular weight is 378 g/mol. The van der Waals surface area contributed by atoms with E-state index in [0.29, 0.717) is 6.10 Å². The number of hydrogen-bond donors (Lipinski definition) is 0. The van der Waals surface area contributed by atoms with Crippen molar-refractivity contribution >= 4 is 27.5 Å². The van der Waals surface area contributed by atoms with Gasteiger partial charge < -0.3 is 4.74 Å². The van der Waals surface area contributed by atoms with Crippen LogP contribution in [-0.2, 0) is 6.42 Å². The molecule has 0 radical (unpaired) electrons. The Balaban J connectivity index is 1.41. The second kappa shape index (κ2) is 5.90. The molecule has 2 aliphatic carbocycles. The topological polar surface area (TPSA) is 9.23 Å². The van der Waals surface area contributed by atoms with E-state index in [2.05, 4.69) is 46.3 Å². The molecule has 2 aliphatic rings. The van der Waals surface area contributed by atoms with Crippen molar-refractivity contribution in [1.82, 2.24) is 0 Å². The van der Waals surface area contributed by atoms with E-state index in [4.69, 9.17) is 16.3 Å². The summed E-state index contributed by atoms with van der Waals surface area (Å²) >= 11 is 9.76. The Kier molecular flexibility index (Phi) is 3.91. The molecule has 114 valence electrons. The summed E-state index contributed by atoms with van der Waals surface area (Å²) in [5, 5.41) is 0.814. The predicted molar refractivity (Wildman–Crippen MR) is 93.6 cm³/mol. The standard InChI is InChI=1S/C19H18BrClO/c20-16-3-6-19(21)15(9-16)7-12-1-4-17(5-2-12)22-18-10-13-8-14(13)11-18/h1-6,9,13-14,18H,7-8,10-11H2/t13-,14?,18?/m1/s1. The van der Waals surface area contributed by atoms with Gasteiger partial charge in [0.15, 0.2) is 0 Å². The van der Waals surface area contributed by atoms with E-state index in [0.717, 1.165) is 39.1 Å². The smallest absolute Gasteiger partial charge is 0.119 e. The number of fused-ring (bicyclic) bond motifs is 1. The van der Waals surface area contributed by atoms with Gasteiger partial charge in [0.2, 0.25) is 0 Å². The molecule has 0 saturated heterocycles. The maximum absolute atomic E-state index is 6.26. The largest absolute Gasteiger partial charge is 0.490 e. The van der Waals surface area contributed by atoms with Crippen LogP contribution in [0.3, 0.4) is 0 Å². The van der Waals surface area contributed by atoms with Crippen LogP contribution in [-0.4, -0.2) is 6.10 Å². The van der Waals surface area contributed by atoms with Crippen molar-refractivity contribution in [3.05, 3.63) is 63.1 Å². The van der Waals surface area contributed by atoms with E-state index in [9.17, 15) is 0 Å². The Labute approximate surface area is 144 Å². The lowest BCUT2D eigenvalue weighted by Gasteiger charge is -2.15. The van der Waals surface area contributed by atoms with Gasteiger partial charge in [0, 0.05) is 9.50 Å². The fourth-order valence-electron chi connectivity index (χ4n) is 3.53. The van der Waals surface area contributed by atoms with Gasteiger partial charge in [-0.1, -0.05) is 39.7 Å². The summed E-state index contributed by atoms with van der Waals surface area (Å²) in [6.07, 6.45) is 5.22. The van der Waals surface area contributed by atoms with E-state index in [1.54, 1.807) is 0 Å². The van der Waals surface area contributed by atoms with Crippen molar-refractivity contribution in [2.45, 2.75) is 31.8 Å². The molecule has 0 bridgehead atoms. The summed E-state index contributed by atoms with van der Waals surface area (Å²) in [4.78, 5) is 0. The van der Waals surface area contributed by atoms with Crippen LogP contribution in [0.15, 0.2) is 46.9 Å². The number of halogens is 2. The predicted octanol–water partition coefficient (Wildman–Crippen LogP) is 5.87. The third kappa shape index (κ3) is 3.18. The molecule has 0 heterocycles. The summed E-state index contributed by atoms with van der Waals surface area (Å²) in [6, 6.07) is 14.4. The third-order valence-electron chi connectivity index (χ3n) is 4.83. The number of hydrogen-bond acceptors (Lipinski definition) is 1.